The minimum absolute atomic E-state index is 0.0712. The number of anilines is 1. The van der Waals surface area contributed by atoms with Crippen molar-refractivity contribution in [3.8, 4) is 0 Å². The highest BCUT2D eigenvalue weighted by atomic mass is 16.4. The summed E-state index contributed by atoms with van der Waals surface area (Å²) in [5.74, 6) is -1.83. The molecule has 6 heteroatoms. The Morgan fingerprint density at radius 2 is 2.29 bits per heavy atom. The van der Waals surface area contributed by atoms with Crippen LogP contribution in [-0.2, 0) is 4.79 Å². The van der Waals surface area contributed by atoms with E-state index in [9.17, 15) is 9.59 Å². The molecule has 0 aliphatic heterocycles. The predicted octanol–water partition coefficient (Wildman–Crippen LogP) is 0.0647. The van der Waals surface area contributed by atoms with Crippen molar-refractivity contribution in [2.75, 3.05) is 5.73 Å². The first kappa shape index (κ1) is 10.1. The normalized spacial score (nSPS) is 12.1. The number of carbonyl (C=O) groups is 2. The van der Waals surface area contributed by atoms with E-state index in [2.05, 4.69) is 5.32 Å². The van der Waals surface area contributed by atoms with Crippen LogP contribution in [0, 0.1) is 0 Å². The standard InChI is InChI=1S/C8H10N2O4/c1-4(8(12)13)10-7(11)6-5(9)2-3-14-6/h2-4H,9H2,1H3,(H,10,11)(H,12,13). The molecule has 1 amide bonds. The first-order valence-corrected chi connectivity index (χ1v) is 3.89. The largest absolute Gasteiger partial charge is 0.480 e. The molecular formula is C8H10N2O4. The summed E-state index contributed by atoms with van der Waals surface area (Å²) in [7, 11) is 0. The number of nitrogen functional groups attached to an aromatic ring is 1. The highest BCUT2D eigenvalue weighted by Gasteiger charge is 2.18. The van der Waals surface area contributed by atoms with Gasteiger partial charge in [0.15, 0.2) is 0 Å². The monoisotopic (exact) mass is 198 g/mol. The summed E-state index contributed by atoms with van der Waals surface area (Å²) in [5, 5.41) is 10.7. The zero-order chi connectivity index (χ0) is 10.7. The van der Waals surface area contributed by atoms with Crippen molar-refractivity contribution in [2.24, 2.45) is 0 Å². The Morgan fingerprint density at radius 1 is 1.64 bits per heavy atom. The highest BCUT2D eigenvalue weighted by Crippen LogP contribution is 2.11. The van der Waals surface area contributed by atoms with Gasteiger partial charge in [0.2, 0.25) is 5.76 Å². The second-order valence-electron chi connectivity index (χ2n) is 2.74. The number of amides is 1. The quantitative estimate of drug-likeness (QED) is 0.637. The molecule has 0 aliphatic carbocycles. The Labute approximate surface area is 79.7 Å². The third-order valence-electron chi connectivity index (χ3n) is 1.62. The van der Waals surface area contributed by atoms with Crippen molar-refractivity contribution >= 4 is 17.6 Å². The van der Waals surface area contributed by atoms with E-state index < -0.39 is 17.9 Å². The first-order chi connectivity index (χ1) is 6.52. The zero-order valence-electron chi connectivity index (χ0n) is 7.48. The van der Waals surface area contributed by atoms with Crippen LogP contribution in [0.15, 0.2) is 16.7 Å². The van der Waals surface area contributed by atoms with Crippen LogP contribution < -0.4 is 11.1 Å². The lowest BCUT2D eigenvalue weighted by Crippen LogP contribution is -2.38. The van der Waals surface area contributed by atoms with Gasteiger partial charge in [-0.3, -0.25) is 9.59 Å². The molecule has 1 aromatic rings. The van der Waals surface area contributed by atoms with Gasteiger partial charge in [0, 0.05) is 6.07 Å². The van der Waals surface area contributed by atoms with Crippen molar-refractivity contribution in [1.82, 2.24) is 5.32 Å². The summed E-state index contributed by atoms with van der Waals surface area (Å²) in [6.45, 7) is 1.35. The molecule has 0 bridgehead atoms. The van der Waals surface area contributed by atoms with Gasteiger partial charge in [-0.1, -0.05) is 0 Å². The van der Waals surface area contributed by atoms with E-state index in [1.807, 2.05) is 0 Å². The molecule has 0 spiro atoms. The third-order valence-corrected chi connectivity index (χ3v) is 1.62. The second kappa shape index (κ2) is 3.82. The van der Waals surface area contributed by atoms with Crippen LogP contribution in [0.25, 0.3) is 0 Å². The topological polar surface area (TPSA) is 106 Å². The van der Waals surface area contributed by atoms with Crippen molar-refractivity contribution < 1.29 is 19.1 Å². The van der Waals surface area contributed by atoms with Gasteiger partial charge in [-0.2, -0.15) is 0 Å². The lowest BCUT2D eigenvalue weighted by atomic mass is 10.3. The number of furan rings is 1. The Balaban J connectivity index is 2.69. The van der Waals surface area contributed by atoms with Crippen LogP contribution in [-0.4, -0.2) is 23.0 Å². The lowest BCUT2D eigenvalue weighted by molar-refractivity contribution is -0.138. The van der Waals surface area contributed by atoms with Crippen molar-refractivity contribution in [3.63, 3.8) is 0 Å². The molecule has 1 rings (SSSR count). The molecule has 1 heterocycles. The average molecular weight is 198 g/mol. The molecule has 1 unspecified atom stereocenters. The van der Waals surface area contributed by atoms with E-state index in [0.717, 1.165) is 0 Å². The maximum Gasteiger partial charge on any atom is 0.325 e. The van der Waals surface area contributed by atoms with Crippen LogP contribution >= 0.6 is 0 Å². The molecule has 6 nitrogen and oxygen atoms in total. The number of nitrogens with two attached hydrogens (primary N) is 1. The molecule has 0 fully saturated rings. The fourth-order valence-electron chi connectivity index (χ4n) is 0.828. The average Bonchev–Trinajstić information content (AvgIpc) is 2.51. The number of rotatable bonds is 3. The fraction of sp³-hybridized carbons (Fsp3) is 0.250. The molecule has 0 saturated heterocycles. The summed E-state index contributed by atoms with van der Waals surface area (Å²) < 4.78 is 4.78. The number of aliphatic carboxylic acids is 1. The molecule has 1 atom stereocenters. The summed E-state index contributed by atoms with van der Waals surface area (Å²) >= 11 is 0. The fourth-order valence-corrected chi connectivity index (χ4v) is 0.828. The Kier molecular flexibility index (Phi) is 2.76. The third kappa shape index (κ3) is 2.03. The van der Waals surface area contributed by atoms with Gasteiger partial charge in [-0.15, -0.1) is 0 Å². The summed E-state index contributed by atoms with van der Waals surface area (Å²) in [4.78, 5) is 21.7. The molecule has 0 saturated carbocycles. The van der Waals surface area contributed by atoms with Crippen molar-refractivity contribution in [1.29, 1.82) is 0 Å². The number of carboxylic acids is 1. The molecule has 0 aromatic carbocycles. The van der Waals surface area contributed by atoms with Gasteiger partial charge in [0.25, 0.3) is 5.91 Å². The zero-order valence-corrected chi connectivity index (χ0v) is 7.48. The molecule has 14 heavy (non-hydrogen) atoms. The molecule has 0 aliphatic rings. The van der Waals surface area contributed by atoms with Gasteiger partial charge in [-0.25, -0.2) is 0 Å². The minimum atomic E-state index is -1.12. The van der Waals surface area contributed by atoms with Crippen LogP contribution in [0.4, 0.5) is 5.69 Å². The number of nitrogens with one attached hydrogen (secondary N) is 1. The van der Waals surface area contributed by atoms with Crippen LogP contribution in [0.3, 0.4) is 0 Å². The highest BCUT2D eigenvalue weighted by molar-refractivity contribution is 5.98. The minimum Gasteiger partial charge on any atom is -0.480 e. The van der Waals surface area contributed by atoms with E-state index in [4.69, 9.17) is 15.3 Å². The predicted molar refractivity (Wildman–Crippen MR) is 47.7 cm³/mol. The molecular weight excluding hydrogens is 188 g/mol. The summed E-state index contributed by atoms with van der Waals surface area (Å²) in [5.41, 5.74) is 5.57. The van der Waals surface area contributed by atoms with E-state index in [1.165, 1.54) is 19.3 Å². The number of carboxylic acid groups (broad SMARTS) is 1. The van der Waals surface area contributed by atoms with Crippen LogP contribution in [0.5, 0.6) is 0 Å². The first-order valence-electron chi connectivity index (χ1n) is 3.89. The summed E-state index contributed by atoms with van der Waals surface area (Å²) in [6.07, 6.45) is 1.26. The lowest BCUT2D eigenvalue weighted by Gasteiger charge is -2.07. The van der Waals surface area contributed by atoms with E-state index >= 15 is 0 Å². The Bertz CT molecular complexity index is 358. The van der Waals surface area contributed by atoms with Crippen LogP contribution in [0.1, 0.15) is 17.5 Å². The maximum atomic E-state index is 11.3. The Morgan fingerprint density at radius 3 is 2.71 bits per heavy atom. The van der Waals surface area contributed by atoms with E-state index in [0.29, 0.717) is 0 Å². The van der Waals surface area contributed by atoms with Crippen molar-refractivity contribution in [3.05, 3.63) is 18.1 Å². The number of carbonyl (C=O) groups excluding carboxylic acids is 1. The van der Waals surface area contributed by atoms with E-state index in [-0.39, 0.29) is 11.4 Å². The van der Waals surface area contributed by atoms with Gasteiger partial charge in [0.05, 0.1) is 12.0 Å². The number of hydrogen-bond acceptors (Lipinski definition) is 4. The number of hydrogen-bond donors (Lipinski definition) is 3. The molecule has 0 radical (unpaired) electrons. The van der Waals surface area contributed by atoms with Crippen LogP contribution in [0.2, 0.25) is 0 Å². The van der Waals surface area contributed by atoms with E-state index in [1.54, 1.807) is 0 Å². The second-order valence-corrected chi connectivity index (χ2v) is 2.74. The molecule has 1 aromatic heterocycles. The van der Waals surface area contributed by atoms with Gasteiger partial charge in [0.1, 0.15) is 6.04 Å². The van der Waals surface area contributed by atoms with Gasteiger partial charge < -0.3 is 20.6 Å². The summed E-state index contributed by atoms with van der Waals surface area (Å²) in [6, 6.07) is 0.437. The Hall–Kier alpha value is -1.98. The SMILES string of the molecule is CC(NC(=O)c1occc1N)C(=O)O. The molecule has 76 valence electrons. The maximum absolute atomic E-state index is 11.3. The van der Waals surface area contributed by atoms with Crippen molar-refractivity contribution in [2.45, 2.75) is 13.0 Å². The van der Waals surface area contributed by atoms with Gasteiger partial charge >= 0.3 is 5.97 Å². The molecule has 4 N–H and O–H groups in total. The smallest absolute Gasteiger partial charge is 0.325 e. The van der Waals surface area contributed by atoms with Gasteiger partial charge in [-0.05, 0) is 6.92 Å².